The largest absolute Gasteiger partial charge is 0.0625 e. The molecule has 0 saturated heterocycles. The number of hydrogen-bond acceptors (Lipinski definition) is 0. The summed E-state index contributed by atoms with van der Waals surface area (Å²) in [6.07, 6.45) is 4.51. The first kappa shape index (κ1) is 24.2. The van der Waals surface area contributed by atoms with Crippen molar-refractivity contribution < 1.29 is 0 Å². The van der Waals surface area contributed by atoms with Gasteiger partial charge in [-0.05, 0) is 92.5 Å². The Morgan fingerprint density at radius 2 is 0.973 bits per heavy atom. The van der Waals surface area contributed by atoms with E-state index in [0.29, 0.717) is 11.8 Å². The average Bonchev–Trinajstić information content (AvgIpc) is 3.42. The van der Waals surface area contributed by atoms with Gasteiger partial charge in [-0.15, -0.1) is 0 Å². The van der Waals surface area contributed by atoms with Crippen molar-refractivity contribution in [3.05, 3.63) is 106 Å². The van der Waals surface area contributed by atoms with Crippen LogP contribution >= 0.6 is 0 Å². The highest BCUT2D eigenvalue weighted by Gasteiger charge is 2.41. The Morgan fingerprint density at radius 1 is 0.568 bits per heavy atom. The topological polar surface area (TPSA) is 0 Å². The van der Waals surface area contributed by atoms with Crippen molar-refractivity contribution in [2.24, 2.45) is 17.3 Å². The van der Waals surface area contributed by atoms with Gasteiger partial charge in [0.2, 0.25) is 0 Å². The molecule has 0 heteroatoms. The lowest BCUT2D eigenvalue weighted by Gasteiger charge is -2.34. The van der Waals surface area contributed by atoms with E-state index in [1.54, 1.807) is 22.3 Å². The predicted octanol–water partition coefficient (Wildman–Crippen LogP) is 10.4. The van der Waals surface area contributed by atoms with Gasteiger partial charge in [0.05, 0.1) is 0 Å². The molecule has 0 heterocycles. The summed E-state index contributed by atoms with van der Waals surface area (Å²) in [5, 5.41) is 5.55. The molecule has 0 amide bonds. The van der Waals surface area contributed by atoms with E-state index >= 15 is 0 Å². The van der Waals surface area contributed by atoms with Crippen LogP contribution in [0, 0.1) is 17.3 Å². The predicted molar refractivity (Wildman–Crippen MR) is 162 cm³/mol. The first-order chi connectivity index (χ1) is 17.8. The SMILES string of the molecule is CC(C)CC1=C(C(C)(C)C2=C(CC(C)C)Cc3ccc4ccccc4c32)c2c(ccc3ccccc23)C1. The Labute approximate surface area is 223 Å². The summed E-state index contributed by atoms with van der Waals surface area (Å²) in [6.45, 7) is 14.6. The van der Waals surface area contributed by atoms with Crippen molar-refractivity contribution in [1.82, 2.24) is 0 Å². The van der Waals surface area contributed by atoms with Crippen molar-refractivity contribution in [1.29, 1.82) is 0 Å². The van der Waals surface area contributed by atoms with Crippen molar-refractivity contribution >= 4 is 32.7 Å². The molecule has 0 N–H and O–H groups in total. The van der Waals surface area contributed by atoms with E-state index in [4.69, 9.17) is 0 Å². The zero-order valence-corrected chi connectivity index (χ0v) is 23.4. The van der Waals surface area contributed by atoms with Crippen LogP contribution in [-0.2, 0) is 12.8 Å². The highest BCUT2D eigenvalue weighted by Crippen LogP contribution is 2.58. The molecule has 0 unspecified atom stereocenters. The molecule has 0 radical (unpaired) electrons. The summed E-state index contributed by atoms with van der Waals surface area (Å²) < 4.78 is 0. The molecule has 0 nitrogen and oxygen atoms in total. The monoisotopic (exact) mass is 484 g/mol. The zero-order valence-electron chi connectivity index (χ0n) is 23.4. The summed E-state index contributed by atoms with van der Waals surface area (Å²) in [7, 11) is 0. The number of allylic oxidation sites excluding steroid dienone is 4. The number of hydrogen-bond donors (Lipinski definition) is 0. The van der Waals surface area contributed by atoms with Crippen LogP contribution in [0.25, 0.3) is 32.7 Å². The van der Waals surface area contributed by atoms with Gasteiger partial charge in [-0.3, -0.25) is 0 Å². The van der Waals surface area contributed by atoms with E-state index in [9.17, 15) is 0 Å². The number of benzene rings is 4. The summed E-state index contributed by atoms with van der Waals surface area (Å²) in [5.41, 5.74) is 12.5. The van der Waals surface area contributed by atoms with Gasteiger partial charge >= 0.3 is 0 Å². The maximum Gasteiger partial charge on any atom is 0.0158 e. The molecule has 0 fully saturated rings. The van der Waals surface area contributed by atoms with Crippen LogP contribution in [0.2, 0.25) is 0 Å². The van der Waals surface area contributed by atoms with Gasteiger partial charge in [-0.2, -0.15) is 0 Å². The minimum Gasteiger partial charge on any atom is -0.0625 e. The molecule has 188 valence electrons. The van der Waals surface area contributed by atoms with E-state index in [1.807, 2.05) is 0 Å². The van der Waals surface area contributed by atoms with Crippen LogP contribution in [0.4, 0.5) is 0 Å². The number of fused-ring (bicyclic) bond motifs is 6. The molecular weight excluding hydrogens is 444 g/mol. The third-order valence-electron chi connectivity index (χ3n) is 8.60. The molecule has 37 heavy (non-hydrogen) atoms. The summed E-state index contributed by atoms with van der Waals surface area (Å²) in [5.74, 6) is 1.28. The molecule has 2 aliphatic carbocycles. The normalized spacial score (nSPS) is 15.6. The second-order valence-corrected chi connectivity index (χ2v) is 12.8. The third kappa shape index (κ3) is 3.97. The lowest BCUT2D eigenvalue weighted by molar-refractivity contribution is 0.608. The Kier molecular flexibility index (Phi) is 5.90. The third-order valence-corrected chi connectivity index (χ3v) is 8.60. The molecule has 2 aliphatic rings. The first-order valence-corrected chi connectivity index (χ1v) is 14.2. The maximum atomic E-state index is 2.53. The smallest absolute Gasteiger partial charge is 0.0158 e. The fourth-order valence-corrected chi connectivity index (χ4v) is 7.48. The fourth-order valence-electron chi connectivity index (χ4n) is 7.48. The van der Waals surface area contributed by atoms with E-state index < -0.39 is 0 Å². The van der Waals surface area contributed by atoms with E-state index in [2.05, 4.69) is 114 Å². The number of rotatable bonds is 6. The van der Waals surface area contributed by atoms with E-state index in [0.717, 1.165) is 25.7 Å². The molecule has 0 aliphatic heterocycles. The zero-order chi connectivity index (χ0) is 25.9. The van der Waals surface area contributed by atoms with Crippen LogP contribution in [0.1, 0.15) is 76.6 Å². The van der Waals surface area contributed by atoms with Crippen LogP contribution in [0.15, 0.2) is 83.9 Å². The van der Waals surface area contributed by atoms with E-state index in [-0.39, 0.29) is 5.41 Å². The highest BCUT2D eigenvalue weighted by atomic mass is 14.4. The van der Waals surface area contributed by atoms with Crippen molar-refractivity contribution in [2.45, 2.75) is 67.2 Å². The summed E-state index contributed by atoms with van der Waals surface area (Å²) >= 11 is 0. The van der Waals surface area contributed by atoms with Gasteiger partial charge in [-0.1, -0.05) is 125 Å². The Morgan fingerprint density at radius 3 is 1.38 bits per heavy atom. The molecule has 0 bridgehead atoms. The van der Waals surface area contributed by atoms with Crippen LogP contribution in [0.5, 0.6) is 0 Å². The van der Waals surface area contributed by atoms with Gasteiger partial charge < -0.3 is 0 Å². The Bertz CT molecular complexity index is 1470. The van der Waals surface area contributed by atoms with Gasteiger partial charge in [0.15, 0.2) is 0 Å². The maximum absolute atomic E-state index is 2.53. The van der Waals surface area contributed by atoms with Gasteiger partial charge in [0.1, 0.15) is 0 Å². The molecule has 0 aromatic heterocycles. The van der Waals surface area contributed by atoms with Crippen LogP contribution in [0.3, 0.4) is 0 Å². The molecular formula is C37H40. The Hall–Kier alpha value is -3.12. The molecule has 0 saturated carbocycles. The fraction of sp³-hybridized carbons (Fsp3) is 0.351. The standard InChI is InChI=1S/C37H40/c1-23(2)19-29-21-27-17-15-25-11-7-9-13-31(25)33(27)35(29)37(5,6)36-30(20-24(3)4)22-28-18-16-26-12-8-10-14-32(26)34(28)36/h7-18,23-24H,19-22H2,1-6H3. The van der Waals surface area contributed by atoms with Crippen molar-refractivity contribution in [2.75, 3.05) is 0 Å². The minimum absolute atomic E-state index is 0.0841. The highest BCUT2D eigenvalue weighted by molar-refractivity contribution is 6.06. The van der Waals surface area contributed by atoms with Crippen LogP contribution in [-0.4, -0.2) is 0 Å². The average molecular weight is 485 g/mol. The van der Waals surface area contributed by atoms with E-state index in [1.165, 1.54) is 43.8 Å². The lowest BCUT2D eigenvalue weighted by atomic mass is 9.69. The van der Waals surface area contributed by atoms with Gasteiger partial charge in [-0.25, -0.2) is 0 Å². The molecule has 6 rings (SSSR count). The lowest BCUT2D eigenvalue weighted by Crippen LogP contribution is -2.18. The van der Waals surface area contributed by atoms with Crippen molar-refractivity contribution in [3.8, 4) is 0 Å². The second-order valence-electron chi connectivity index (χ2n) is 12.8. The Balaban J connectivity index is 1.66. The quantitative estimate of drug-likeness (QED) is 0.255. The second kappa shape index (κ2) is 9.02. The molecule has 4 aromatic carbocycles. The van der Waals surface area contributed by atoms with Gasteiger partial charge in [0.25, 0.3) is 0 Å². The first-order valence-electron chi connectivity index (χ1n) is 14.2. The molecule has 0 atom stereocenters. The summed E-state index contributed by atoms with van der Waals surface area (Å²) in [6, 6.07) is 27.5. The summed E-state index contributed by atoms with van der Waals surface area (Å²) in [4.78, 5) is 0. The van der Waals surface area contributed by atoms with Gasteiger partial charge in [0, 0.05) is 5.41 Å². The van der Waals surface area contributed by atoms with Crippen molar-refractivity contribution in [3.63, 3.8) is 0 Å². The minimum atomic E-state index is -0.0841. The molecule has 4 aromatic rings. The van der Waals surface area contributed by atoms with Crippen LogP contribution < -0.4 is 0 Å². The molecule has 0 spiro atoms.